The van der Waals surface area contributed by atoms with Crippen molar-refractivity contribution < 1.29 is 71.9 Å². The minimum Gasteiger partial charge on any atom is -0.342 e. The van der Waals surface area contributed by atoms with E-state index in [9.17, 15) is 71.9 Å². The molecule has 0 saturated carbocycles. The molecule has 0 radical (unpaired) electrons. The van der Waals surface area contributed by atoms with Crippen LogP contribution in [-0.4, -0.2) is 219 Å². The maximum Gasteiger partial charge on any atom is 0.260 e. The molecule has 84 heavy (non-hydrogen) atoms. The Kier molecular flexibility index (Phi) is 39.6. The lowest BCUT2D eigenvalue weighted by atomic mass is 10.1. The molecule has 1 aliphatic rings. The number of ketones is 8. The highest BCUT2D eigenvalue weighted by Gasteiger charge is 2.29. The van der Waals surface area contributed by atoms with Gasteiger partial charge in [-0.2, -0.15) is 0 Å². The molecule has 0 aliphatic carbocycles. The van der Waals surface area contributed by atoms with Crippen LogP contribution in [0.15, 0.2) is 10.3 Å². The van der Waals surface area contributed by atoms with Gasteiger partial charge in [-0.05, 0) is 19.3 Å². The summed E-state index contributed by atoms with van der Waals surface area (Å²) in [5, 5.41) is 2.22. The maximum absolute atomic E-state index is 14.5. The van der Waals surface area contributed by atoms with Crippen molar-refractivity contribution in [1.29, 1.82) is 0 Å². The van der Waals surface area contributed by atoms with E-state index in [1.165, 1.54) is 71.7 Å². The molecule has 0 fully saturated rings. The molecule has 7 amide bonds. The highest BCUT2D eigenvalue weighted by Crippen LogP contribution is 2.33. The third-order valence-corrected chi connectivity index (χ3v) is 16.6. The third kappa shape index (κ3) is 32.4. The molecular weight excluding hydrogens is 1120 g/mol. The summed E-state index contributed by atoms with van der Waals surface area (Å²) < 4.78 is 0. The van der Waals surface area contributed by atoms with Gasteiger partial charge in [-0.25, -0.2) is 0 Å². The van der Waals surface area contributed by atoms with Crippen LogP contribution in [-0.2, 0) is 71.9 Å². The van der Waals surface area contributed by atoms with E-state index in [0.717, 1.165) is 0 Å². The van der Waals surface area contributed by atoms with Gasteiger partial charge >= 0.3 is 0 Å². The summed E-state index contributed by atoms with van der Waals surface area (Å²) in [6.07, 6.45) is 0.381. The second kappa shape index (κ2) is 43.7. The lowest BCUT2D eigenvalue weighted by Gasteiger charge is -2.30. The van der Waals surface area contributed by atoms with Crippen LogP contribution in [0, 0.1) is 0 Å². The van der Waals surface area contributed by atoms with E-state index in [1.807, 2.05) is 0 Å². The molecule has 1 aliphatic heterocycles. The van der Waals surface area contributed by atoms with Crippen LogP contribution in [0.4, 0.5) is 0 Å². The van der Waals surface area contributed by atoms with Crippen LogP contribution in [0.5, 0.6) is 0 Å². The van der Waals surface area contributed by atoms with Crippen molar-refractivity contribution >= 4 is 111 Å². The Labute approximate surface area is 506 Å². The van der Waals surface area contributed by atoms with Gasteiger partial charge in [0.25, 0.3) is 5.91 Å². The van der Waals surface area contributed by atoms with Crippen molar-refractivity contribution in [1.82, 2.24) is 34.3 Å². The Morgan fingerprint density at radius 2 is 0.488 bits per heavy atom. The van der Waals surface area contributed by atoms with Crippen molar-refractivity contribution in [2.24, 2.45) is 0 Å². The van der Waals surface area contributed by atoms with Gasteiger partial charge in [0.15, 0.2) is 0 Å². The number of thioether (sulfide) groups is 2. The minimum absolute atomic E-state index is 0.0417. The van der Waals surface area contributed by atoms with Gasteiger partial charge < -0.3 is 34.3 Å². The summed E-state index contributed by atoms with van der Waals surface area (Å²) in [5.41, 5.74) is 0. The molecule has 24 heteroatoms. The SMILES string of the molecule is CCC(=O)CCN(CCC(C)=O)C(=O)CCN(CCC(=O)N(CCC(=O)CC)CCC(=O)CC)C(=O)CCN(CCC(=O)N(CCC(=O)N(CCC(C)=O)CCC(=O)CC)CCC(=O)N(CCC(=O)CC)CCC(=O)CC)C(=O)C1=CSCS1. The molecule has 472 valence electrons. The topological polar surface area (TPSA) is 279 Å². The summed E-state index contributed by atoms with van der Waals surface area (Å²) in [4.78, 5) is 206. The Balaban J connectivity index is 3.69. The zero-order valence-electron chi connectivity index (χ0n) is 51.4. The number of carbonyl (C=O) groups is 15. The van der Waals surface area contributed by atoms with E-state index in [1.54, 1.807) is 47.0 Å². The molecule has 1 rings (SSSR count). The van der Waals surface area contributed by atoms with Crippen LogP contribution in [0.25, 0.3) is 0 Å². The van der Waals surface area contributed by atoms with Gasteiger partial charge in [0.05, 0.1) is 4.91 Å². The number of rotatable bonds is 49. The molecule has 22 nitrogen and oxygen atoms in total. The second-order valence-corrected chi connectivity index (χ2v) is 23.0. The zero-order chi connectivity index (χ0) is 63.1. The zero-order valence-corrected chi connectivity index (χ0v) is 53.0. The van der Waals surface area contributed by atoms with Crippen LogP contribution < -0.4 is 0 Å². The molecule has 0 aromatic heterocycles. The largest absolute Gasteiger partial charge is 0.342 e. The van der Waals surface area contributed by atoms with E-state index in [0.29, 0.717) is 9.99 Å². The fourth-order valence-corrected chi connectivity index (χ4v) is 10.6. The van der Waals surface area contributed by atoms with Gasteiger partial charge in [-0.15, -0.1) is 23.5 Å². The number of nitrogens with zero attached hydrogens (tertiary/aromatic N) is 7. The fraction of sp³-hybridized carbons (Fsp3) is 0.717. The van der Waals surface area contributed by atoms with E-state index in [2.05, 4.69) is 0 Å². The molecule has 0 aromatic rings. The first-order valence-corrected chi connectivity index (χ1v) is 32.0. The molecule has 1 heterocycles. The summed E-state index contributed by atoms with van der Waals surface area (Å²) in [6.45, 7) is 12.2. The monoisotopic (exact) mass is 1220 g/mol. The number of amides is 7. The Morgan fingerprint density at radius 1 is 0.298 bits per heavy atom. The smallest absolute Gasteiger partial charge is 0.260 e. The van der Waals surface area contributed by atoms with Gasteiger partial charge in [0.2, 0.25) is 35.4 Å². The molecule has 0 saturated heterocycles. The maximum atomic E-state index is 14.5. The highest BCUT2D eigenvalue weighted by atomic mass is 32.2. The van der Waals surface area contributed by atoms with Crippen LogP contribution >= 0.6 is 23.5 Å². The van der Waals surface area contributed by atoms with Crippen molar-refractivity contribution in [2.75, 3.05) is 96.7 Å². The van der Waals surface area contributed by atoms with Crippen molar-refractivity contribution in [3.05, 3.63) is 10.3 Å². The first kappa shape index (κ1) is 76.1. The molecule has 0 unspecified atom stereocenters. The van der Waals surface area contributed by atoms with E-state index >= 15 is 0 Å². The van der Waals surface area contributed by atoms with E-state index < -0.39 is 41.4 Å². The van der Waals surface area contributed by atoms with Gasteiger partial charge in [0.1, 0.15) is 46.3 Å². The van der Waals surface area contributed by atoms with Crippen LogP contribution in [0.3, 0.4) is 0 Å². The molecule has 0 bridgehead atoms. The second-order valence-electron chi connectivity index (χ2n) is 20.7. The summed E-state index contributed by atoms with van der Waals surface area (Å²) in [7, 11) is 0. The molecule has 0 N–H and O–H groups in total. The standard InChI is InChI=1S/C60H95N7O15S2/c1-9-47(70)17-31-61(29-15-45(7)68)54(76)23-37-65(39-25-56(78)63(33-19-49(72)11-3)34-20-50(73)12-4)58(80)27-41-67(60(82)53-43-83-44-84-53)42-28-59(81)66(38-24-55(77)62(30-16-46(8)69)32-18-48(71)10-2)40-26-57(79)64(35-21-51(74)13-5)36-22-52(75)14-6/h43H,9-42,44H2,1-8H3. The summed E-state index contributed by atoms with van der Waals surface area (Å²) >= 11 is 2.66. The van der Waals surface area contributed by atoms with E-state index in [4.69, 9.17) is 0 Å². The van der Waals surface area contributed by atoms with Gasteiger partial charge in [-0.3, -0.25) is 71.9 Å². The van der Waals surface area contributed by atoms with E-state index in [-0.39, 0.29) is 266 Å². The Morgan fingerprint density at radius 3 is 0.667 bits per heavy atom. The predicted molar refractivity (Wildman–Crippen MR) is 322 cm³/mol. The van der Waals surface area contributed by atoms with Gasteiger partial charge in [-0.1, -0.05) is 41.5 Å². The normalized spacial score (nSPS) is 11.7. The Bertz CT molecular complexity index is 2130. The number of carbonyl (C=O) groups excluding carboxylic acids is 15. The fourth-order valence-electron chi connectivity index (χ4n) is 8.53. The quantitative estimate of drug-likeness (QED) is 0.0719. The summed E-state index contributed by atoms with van der Waals surface area (Å²) in [5.74, 6) is -4.13. The van der Waals surface area contributed by atoms with Crippen molar-refractivity contribution in [3.63, 3.8) is 0 Å². The van der Waals surface area contributed by atoms with Crippen LogP contribution in [0.1, 0.15) is 184 Å². The molecule has 0 atom stereocenters. The summed E-state index contributed by atoms with van der Waals surface area (Å²) in [6, 6.07) is 0. The lowest BCUT2D eigenvalue weighted by molar-refractivity contribution is -0.138. The molecular formula is C60H95N7O15S2. The number of Topliss-reactive ketones (excluding diaryl/α,β-unsaturated/α-hetero) is 8. The highest BCUT2D eigenvalue weighted by molar-refractivity contribution is 8.22. The molecule has 0 aromatic carbocycles. The first-order valence-electron chi connectivity index (χ1n) is 29.9. The average molecular weight is 1220 g/mol. The third-order valence-electron chi connectivity index (χ3n) is 14.5. The van der Waals surface area contributed by atoms with Crippen molar-refractivity contribution in [2.45, 2.75) is 184 Å². The Hall–Kier alpha value is -5.91. The van der Waals surface area contributed by atoms with Crippen molar-refractivity contribution in [3.8, 4) is 0 Å². The minimum atomic E-state index is -0.549. The number of hydrogen-bond acceptors (Lipinski definition) is 17. The predicted octanol–water partition coefficient (Wildman–Crippen LogP) is 5.58. The number of hydrogen-bond donors (Lipinski definition) is 0. The lowest BCUT2D eigenvalue weighted by Crippen LogP contribution is -2.44. The first-order chi connectivity index (χ1) is 39.9. The van der Waals surface area contributed by atoms with Crippen LogP contribution in [0.2, 0.25) is 0 Å². The molecule has 0 spiro atoms. The average Bonchev–Trinajstić information content (AvgIpc) is 4.10. The van der Waals surface area contributed by atoms with Gasteiger partial charge in [0, 0.05) is 225 Å².